The Labute approximate surface area is 152 Å². The van der Waals surface area contributed by atoms with Crippen molar-refractivity contribution >= 4 is 28.8 Å². The van der Waals surface area contributed by atoms with Gasteiger partial charge in [-0.15, -0.1) is 0 Å². The molecule has 0 amide bonds. The number of hydrogen-bond acceptors (Lipinski definition) is 5. The van der Waals surface area contributed by atoms with E-state index in [1.165, 1.54) is 21.0 Å². The summed E-state index contributed by atoms with van der Waals surface area (Å²) in [6.45, 7) is 5.55. The van der Waals surface area contributed by atoms with Crippen molar-refractivity contribution in [1.29, 1.82) is 0 Å². The van der Waals surface area contributed by atoms with Gasteiger partial charge in [0.25, 0.3) is 0 Å². The lowest BCUT2D eigenvalue weighted by Gasteiger charge is -2.05. The zero-order valence-corrected chi connectivity index (χ0v) is 15.5. The van der Waals surface area contributed by atoms with E-state index in [4.69, 9.17) is 23.5 Å². The van der Waals surface area contributed by atoms with Crippen LogP contribution in [0.4, 0.5) is 0 Å². The van der Waals surface area contributed by atoms with Crippen LogP contribution in [-0.4, -0.2) is 45.2 Å². The Hall–Kier alpha value is -1.78. The van der Waals surface area contributed by atoms with Crippen molar-refractivity contribution in [2.75, 3.05) is 33.0 Å². The van der Waals surface area contributed by atoms with Gasteiger partial charge in [-0.25, -0.2) is 0 Å². The highest BCUT2D eigenvalue weighted by atomic mass is 31.1. The lowest BCUT2D eigenvalue weighted by molar-refractivity contribution is 0.263. The van der Waals surface area contributed by atoms with Gasteiger partial charge in [0.05, 0.1) is 19.8 Å². The second-order valence-electron chi connectivity index (χ2n) is 6.60. The molecule has 2 aliphatic rings. The maximum atomic E-state index is 6.10. The fourth-order valence-corrected chi connectivity index (χ4v) is 5.12. The third kappa shape index (κ3) is 3.28. The molecule has 2 atom stereocenters. The van der Waals surface area contributed by atoms with Crippen molar-refractivity contribution in [3.8, 4) is 11.5 Å². The van der Waals surface area contributed by atoms with Gasteiger partial charge >= 0.3 is 0 Å². The molecular formula is C20H21O5P. The average Bonchev–Trinajstić information content (AvgIpc) is 3.58. The Morgan fingerprint density at radius 2 is 1.38 bits per heavy atom. The number of epoxide rings is 2. The Balaban J connectivity index is 1.54. The summed E-state index contributed by atoms with van der Waals surface area (Å²) in [5.74, 6) is 1.74. The SMILES string of the molecule is CCOp1c2ccc(OCC3CO3)cc2c2cc(OCC3CO3)ccc21. The summed E-state index contributed by atoms with van der Waals surface area (Å²) in [6, 6.07) is 12.6. The van der Waals surface area contributed by atoms with Crippen molar-refractivity contribution < 1.29 is 23.5 Å². The molecule has 1 aromatic heterocycles. The summed E-state index contributed by atoms with van der Waals surface area (Å²) in [5.41, 5.74) is 0. The lowest BCUT2D eigenvalue weighted by atomic mass is 10.1. The van der Waals surface area contributed by atoms with E-state index in [9.17, 15) is 0 Å². The summed E-state index contributed by atoms with van der Waals surface area (Å²) < 4.78 is 28.3. The number of benzene rings is 2. The summed E-state index contributed by atoms with van der Waals surface area (Å²) in [5, 5.41) is 4.85. The van der Waals surface area contributed by atoms with Crippen molar-refractivity contribution in [3.05, 3.63) is 36.4 Å². The molecule has 5 nitrogen and oxygen atoms in total. The summed E-state index contributed by atoms with van der Waals surface area (Å²) in [6.07, 6.45) is 0.501. The predicted octanol–water partition coefficient (Wildman–Crippen LogP) is 3.98. The first-order valence-electron chi connectivity index (χ1n) is 9.02. The summed E-state index contributed by atoms with van der Waals surface area (Å²) >= 11 is 0. The number of ether oxygens (including phenoxy) is 4. The van der Waals surface area contributed by atoms with Crippen LogP contribution in [0.1, 0.15) is 6.92 Å². The third-order valence-corrected chi connectivity index (χ3v) is 6.77. The molecule has 26 heavy (non-hydrogen) atoms. The Morgan fingerprint density at radius 3 is 1.81 bits per heavy atom. The van der Waals surface area contributed by atoms with Crippen LogP contribution in [0.5, 0.6) is 11.5 Å². The Bertz CT molecular complexity index is 869. The molecule has 0 aliphatic carbocycles. The molecule has 2 aliphatic heterocycles. The van der Waals surface area contributed by atoms with E-state index in [1.807, 2.05) is 19.1 Å². The minimum atomic E-state index is -0.781. The van der Waals surface area contributed by atoms with E-state index in [2.05, 4.69) is 24.3 Å². The maximum Gasteiger partial charge on any atom is 0.120 e. The molecule has 0 N–H and O–H groups in total. The molecule has 136 valence electrons. The molecule has 5 rings (SSSR count). The fourth-order valence-electron chi connectivity index (χ4n) is 3.10. The van der Waals surface area contributed by atoms with E-state index in [1.54, 1.807) is 0 Å². The van der Waals surface area contributed by atoms with Crippen LogP contribution in [0.25, 0.3) is 21.0 Å². The van der Waals surface area contributed by atoms with Gasteiger partial charge in [0.2, 0.25) is 0 Å². The topological polar surface area (TPSA) is 52.8 Å². The molecule has 2 aromatic carbocycles. The number of fused-ring (bicyclic) bond motifs is 3. The van der Waals surface area contributed by atoms with Crippen LogP contribution >= 0.6 is 7.76 Å². The zero-order chi connectivity index (χ0) is 17.5. The molecular weight excluding hydrogens is 351 g/mol. The highest BCUT2D eigenvalue weighted by molar-refractivity contribution is 7.57. The molecule has 2 unspecified atom stereocenters. The van der Waals surface area contributed by atoms with Gasteiger partial charge in [0.1, 0.15) is 36.9 Å². The van der Waals surface area contributed by atoms with Crippen LogP contribution in [-0.2, 0) is 9.47 Å². The van der Waals surface area contributed by atoms with Crippen LogP contribution in [0.3, 0.4) is 0 Å². The van der Waals surface area contributed by atoms with Crippen LogP contribution < -0.4 is 14.0 Å². The summed E-state index contributed by atoms with van der Waals surface area (Å²) in [4.78, 5) is 0. The van der Waals surface area contributed by atoms with E-state index in [0.29, 0.717) is 19.8 Å². The third-order valence-electron chi connectivity index (χ3n) is 4.60. The standard InChI is InChI=1S/C20H21O5P/c1-2-25-26-19-5-3-13(21-9-15-11-23-15)7-17(19)18-8-14(4-6-20(18)26)22-10-16-12-24-16/h3-8,15-16H,2,9-12H2,1H3. The molecule has 3 heterocycles. The lowest BCUT2D eigenvalue weighted by Crippen LogP contribution is -2.03. The van der Waals surface area contributed by atoms with Crippen molar-refractivity contribution in [2.45, 2.75) is 19.1 Å². The Morgan fingerprint density at radius 1 is 0.885 bits per heavy atom. The first-order valence-corrected chi connectivity index (χ1v) is 10.3. The zero-order valence-electron chi connectivity index (χ0n) is 14.6. The van der Waals surface area contributed by atoms with Crippen molar-refractivity contribution in [1.82, 2.24) is 0 Å². The van der Waals surface area contributed by atoms with Crippen molar-refractivity contribution in [2.24, 2.45) is 0 Å². The van der Waals surface area contributed by atoms with E-state index in [-0.39, 0.29) is 12.2 Å². The monoisotopic (exact) mass is 372 g/mol. The first kappa shape index (κ1) is 16.4. The molecule has 0 radical (unpaired) electrons. The minimum Gasteiger partial charge on any atom is -0.491 e. The van der Waals surface area contributed by atoms with Gasteiger partial charge in [-0.3, -0.25) is 0 Å². The minimum absolute atomic E-state index is 0.251. The quantitative estimate of drug-likeness (QED) is 0.560. The second kappa shape index (κ2) is 6.75. The Kier molecular flexibility index (Phi) is 4.26. The van der Waals surface area contributed by atoms with Gasteiger partial charge in [-0.05, 0) is 54.1 Å². The highest BCUT2D eigenvalue weighted by Crippen LogP contribution is 2.49. The second-order valence-corrected chi connectivity index (χ2v) is 8.41. The number of rotatable bonds is 8. The average molecular weight is 372 g/mol. The van der Waals surface area contributed by atoms with Crippen LogP contribution in [0.2, 0.25) is 0 Å². The first-order chi connectivity index (χ1) is 12.8. The molecule has 0 saturated carbocycles. The predicted molar refractivity (Wildman–Crippen MR) is 102 cm³/mol. The van der Waals surface area contributed by atoms with Gasteiger partial charge < -0.3 is 23.5 Å². The normalized spacial score (nSPS) is 22.0. The van der Waals surface area contributed by atoms with Gasteiger partial charge in [0, 0.05) is 18.0 Å². The van der Waals surface area contributed by atoms with Gasteiger partial charge in [-0.2, -0.15) is 0 Å². The largest absolute Gasteiger partial charge is 0.491 e. The van der Waals surface area contributed by atoms with E-state index in [0.717, 1.165) is 24.7 Å². The van der Waals surface area contributed by atoms with E-state index < -0.39 is 7.76 Å². The van der Waals surface area contributed by atoms with Crippen LogP contribution in [0, 0.1) is 0 Å². The molecule has 0 bridgehead atoms. The van der Waals surface area contributed by atoms with Crippen molar-refractivity contribution in [3.63, 3.8) is 0 Å². The maximum absolute atomic E-state index is 6.10. The van der Waals surface area contributed by atoms with Gasteiger partial charge in [-0.1, -0.05) is 0 Å². The molecule has 2 fully saturated rings. The smallest absolute Gasteiger partial charge is 0.120 e. The number of hydrogen-bond donors (Lipinski definition) is 0. The molecule has 0 spiro atoms. The molecule has 2 saturated heterocycles. The van der Waals surface area contributed by atoms with Crippen LogP contribution in [0.15, 0.2) is 36.4 Å². The molecule has 6 heteroatoms. The summed E-state index contributed by atoms with van der Waals surface area (Å²) in [7, 11) is -0.781. The fraction of sp³-hybridized carbons (Fsp3) is 0.400. The van der Waals surface area contributed by atoms with E-state index >= 15 is 0 Å². The van der Waals surface area contributed by atoms with Gasteiger partial charge in [0.15, 0.2) is 0 Å². The molecule has 3 aromatic rings. The highest BCUT2D eigenvalue weighted by Gasteiger charge is 2.24.